The number of nitrogens with one attached hydrogen (secondary N) is 1. The van der Waals surface area contributed by atoms with Crippen molar-refractivity contribution in [3.05, 3.63) is 0 Å². The van der Waals surface area contributed by atoms with Crippen LogP contribution in [-0.2, 0) is 9.59 Å². The molecule has 0 aliphatic carbocycles. The SMILES string of the molecule is CC(=O)CC(=O)NCC(C)N1CCCCC1. The average Bonchev–Trinajstić information content (AvgIpc) is 2.26. The third kappa shape index (κ3) is 4.75. The second-order valence-corrected chi connectivity index (χ2v) is 4.63. The van der Waals surface area contributed by atoms with Crippen LogP contribution in [0.2, 0.25) is 0 Å². The summed E-state index contributed by atoms with van der Waals surface area (Å²) in [6.45, 7) is 6.46. The molecule has 1 atom stereocenters. The van der Waals surface area contributed by atoms with Gasteiger partial charge in [-0.15, -0.1) is 0 Å². The van der Waals surface area contributed by atoms with Gasteiger partial charge in [0.25, 0.3) is 0 Å². The number of rotatable bonds is 5. The number of hydrogen-bond donors (Lipinski definition) is 1. The zero-order valence-corrected chi connectivity index (χ0v) is 10.3. The lowest BCUT2D eigenvalue weighted by molar-refractivity contribution is -0.127. The molecular formula is C12H22N2O2. The minimum Gasteiger partial charge on any atom is -0.354 e. The van der Waals surface area contributed by atoms with Gasteiger partial charge < -0.3 is 5.32 Å². The van der Waals surface area contributed by atoms with Crippen molar-refractivity contribution >= 4 is 11.7 Å². The maximum atomic E-state index is 11.3. The number of amides is 1. The minimum atomic E-state index is -0.156. The number of piperidine rings is 1. The van der Waals surface area contributed by atoms with Gasteiger partial charge in [-0.1, -0.05) is 6.42 Å². The molecule has 92 valence electrons. The van der Waals surface area contributed by atoms with Crippen LogP contribution in [0.5, 0.6) is 0 Å². The van der Waals surface area contributed by atoms with E-state index in [1.807, 2.05) is 0 Å². The Balaban J connectivity index is 2.20. The quantitative estimate of drug-likeness (QED) is 0.710. The Labute approximate surface area is 97.4 Å². The summed E-state index contributed by atoms with van der Waals surface area (Å²) in [4.78, 5) is 24.4. The van der Waals surface area contributed by atoms with Crippen LogP contribution in [0.3, 0.4) is 0 Å². The summed E-state index contributed by atoms with van der Waals surface area (Å²) >= 11 is 0. The molecule has 4 heteroatoms. The Morgan fingerprint density at radius 2 is 1.88 bits per heavy atom. The first kappa shape index (κ1) is 13.2. The molecule has 1 fully saturated rings. The maximum Gasteiger partial charge on any atom is 0.227 e. The van der Waals surface area contributed by atoms with Crippen LogP contribution in [0.15, 0.2) is 0 Å². The summed E-state index contributed by atoms with van der Waals surface area (Å²) in [6.07, 6.45) is 3.84. The van der Waals surface area contributed by atoms with E-state index in [4.69, 9.17) is 0 Å². The van der Waals surface area contributed by atoms with Crippen molar-refractivity contribution < 1.29 is 9.59 Å². The molecule has 16 heavy (non-hydrogen) atoms. The molecular weight excluding hydrogens is 204 g/mol. The van der Waals surface area contributed by atoms with Gasteiger partial charge in [-0.3, -0.25) is 14.5 Å². The molecule has 1 rings (SSSR count). The first-order chi connectivity index (χ1) is 7.59. The Morgan fingerprint density at radius 3 is 2.44 bits per heavy atom. The fourth-order valence-electron chi connectivity index (χ4n) is 2.04. The van der Waals surface area contributed by atoms with E-state index in [-0.39, 0.29) is 18.1 Å². The van der Waals surface area contributed by atoms with Gasteiger partial charge in [0.1, 0.15) is 5.78 Å². The van der Waals surface area contributed by atoms with Gasteiger partial charge in [-0.2, -0.15) is 0 Å². The molecule has 0 aromatic rings. The minimum absolute atomic E-state index is 0.00667. The van der Waals surface area contributed by atoms with E-state index in [1.165, 1.54) is 26.2 Å². The molecule has 1 aliphatic rings. The molecule has 0 saturated carbocycles. The van der Waals surface area contributed by atoms with E-state index in [9.17, 15) is 9.59 Å². The monoisotopic (exact) mass is 226 g/mol. The molecule has 0 radical (unpaired) electrons. The molecule has 0 aromatic heterocycles. The number of carbonyl (C=O) groups is 2. The highest BCUT2D eigenvalue weighted by atomic mass is 16.2. The first-order valence-corrected chi connectivity index (χ1v) is 6.10. The zero-order chi connectivity index (χ0) is 12.0. The highest BCUT2D eigenvalue weighted by Crippen LogP contribution is 2.11. The van der Waals surface area contributed by atoms with E-state index in [0.717, 1.165) is 13.1 Å². The number of likely N-dealkylation sites (tertiary alicyclic amines) is 1. The van der Waals surface area contributed by atoms with Crippen LogP contribution < -0.4 is 5.32 Å². The van der Waals surface area contributed by atoms with Crippen molar-refractivity contribution in [1.29, 1.82) is 0 Å². The van der Waals surface area contributed by atoms with Crippen molar-refractivity contribution in [2.45, 2.75) is 45.6 Å². The summed E-state index contributed by atoms with van der Waals surface area (Å²) < 4.78 is 0. The summed E-state index contributed by atoms with van der Waals surface area (Å²) in [5, 5.41) is 2.81. The molecule has 1 amide bonds. The Hall–Kier alpha value is -0.900. The summed E-state index contributed by atoms with van der Waals surface area (Å²) in [7, 11) is 0. The highest BCUT2D eigenvalue weighted by molar-refractivity contribution is 5.96. The lowest BCUT2D eigenvalue weighted by Crippen LogP contribution is -2.44. The van der Waals surface area contributed by atoms with E-state index in [1.54, 1.807) is 0 Å². The summed E-state index contributed by atoms with van der Waals surface area (Å²) in [5.74, 6) is -0.237. The molecule has 0 aromatic carbocycles. The predicted octanol–water partition coefficient (Wildman–Crippen LogP) is 0.956. The third-order valence-corrected chi connectivity index (χ3v) is 3.02. The van der Waals surface area contributed by atoms with Crippen LogP contribution in [0.1, 0.15) is 39.5 Å². The molecule has 1 aliphatic heterocycles. The zero-order valence-electron chi connectivity index (χ0n) is 10.3. The third-order valence-electron chi connectivity index (χ3n) is 3.02. The van der Waals surface area contributed by atoms with E-state index in [0.29, 0.717) is 12.6 Å². The number of nitrogens with zero attached hydrogens (tertiary/aromatic N) is 1. The average molecular weight is 226 g/mol. The van der Waals surface area contributed by atoms with Gasteiger partial charge in [-0.25, -0.2) is 0 Å². The van der Waals surface area contributed by atoms with Crippen molar-refractivity contribution in [1.82, 2.24) is 10.2 Å². The molecule has 0 bridgehead atoms. The van der Waals surface area contributed by atoms with Gasteiger partial charge in [-0.05, 0) is 39.8 Å². The maximum absolute atomic E-state index is 11.3. The Morgan fingerprint density at radius 1 is 1.25 bits per heavy atom. The van der Waals surface area contributed by atoms with Crippen molar-refractivity contribution in [3.8, 4) is 0 Å². The number of Topliss-reactive ketones (excluding diaryl/α,β-unsaturated/α-hetero) is 1. The summed E-state index contributed by atoms with van der Waals surface area (Å²) in [6, 6.07) is 0.371. The standard InChI is InChI=1S/C12H22N2O2/c1-10(14-6-4-3-5-7-14)9-13-12(16)8-11(2)15/h10H,3-9H2,1-2H3,(H,13,16). The van der Waals surface area contributed by atoms with Crippen LogP contribution in [-0.4, -0.2) is 42.3 Å². The summed E-state index contributed by atoms with van der Waals surface area (Å²) in [5.41, 5.74) is 0. The smallest absolute Gasteiger partial charge is 0.227 e. The van der Waals surface area contributed by atoms with Crippen LogP contribution in [0.4, 0.5) is 0 Å². The van der Waals surface area contributed by atoms with E-state index < -0.39 is 0 Å². The molecule has 1 N–H and O–H groups in total. The normalized spacial score (nSPS) is 19.1. The topological polar surface area (TPSA) is 49.4 Å². The lowest BCUT2D eigenvalue weighted by atomic mass is 10.1. The number of ketones is 1. The number of carbonyl (C=O) groups excluding carboxylic acids is 2. The molecule has 1 heterocycles. The van der Waals surface area contributed by atoms with Gasteiger partial charge >= 0.3 is 0 Å². The van der Waals surface area contributed by atoms with Gasteiger partial charge in [0, 0.05) is 12.6 Å². The molecule has 1 saturated heterocycles. The molecule has 1 unspecified atom stereocenters. The Bertz CT molecular complexity index is 247. The second-order valence-electron chi connectivity index (χ2n) is 4.63. The largest absolute Gasteiger partial charge is 0.354 e. The lowest BCUT2D eigenvalue weighted by Gasteiger charge is -2.32. The van der Waals surface area contributed by atoms with Crippen molar-refractivity contribution in [2.24, 2.45) is 0 Å². The Kier molecular flexibility index (Phi) is 5.46. The van der Waals surface area contributed by atoms with Crippen molar-refractivity contribution in [2.75, 3.05) is 19.6 Å². The predicted molar refractivity (Wildman–Crippen MR) is 63.2 cm³/mol. The van der Waals surface area contributed by atoms with E-state index >= 15 is 0 Å². The van der Waals surface area contributed by atoms with Crippen molar-refractivity contribution in [3.63, 3.8) is 0 Å². The van der Waals surface area contributed by atoms with Gasteiger partial charge in [0.2, 0.25) is 5.91 Å². The first-order valence-electron chi connectivity index (χ1n) is 6.10. The fourth-order valence-corrected chi connectivity index (χ4v) is 2.04. The second kappa shape index (κ2) is 6.63. The fraction of sp³-hybridized carbons (Fsp3) is 0.833. The molecule has 0 spiro atoms. The van der Waals surface area contributed by atoms with Crippen LogP contribution in [0, 0.1) is 0 Å². The number of hydrogen-bond acceptors (Lipinski definition) is 3. The van der Waals surface area contributed by atoms with Gasteiger partial charge in [0.15, 0.2) is 0 Å². The van der Waals surface area contributed by atoms with E-state index in [2.05, 4.69) is 17.1 Å². The van der Waals surface area contributed by atoms with Crippen LogP contribution in [0.25, 0.3) is 0 Å². The van der Waals surface area contributed by atoms with Gasteiger partial charge in [0.05, 0.1) is 6.42 Å². The molecule has 4 nitrogen and oxygen atoms in total. The highest BCUT2D eigenvalue weighted by Gasteiger charge is 2.17. The van der Waals surface area contributed by atoms with Crippen LogP contribution >= 0.6 is 0 Å².